The molecule has 0 aliphatic carbocycles. The molecule has 0 aromatic heterocycles. The number of halogens is 1. The third-order valence-corrected chi connectivity index (χ3v) is 7.13. The molecule has 42 heavy (non-hydrogen) atoms. The topological polar surface area (TPSA) is 77.1 Å². The molecule has 0 spiro atoms. The van der Waals surface area contributed by atoms with E-state index in [1.54, 1.807) is 43.4 Å². The number of benzene rings is 4. The van der Waals surface area contributed by atoms with Crippen molar-refractivity contribution in [3.8, 4) is 17.2 Å². The summed E-state index contributed by atoms with van der Waals surface area (Å²) >= 11 is 6.25. The molecule has 0 fully saturated rings. The molecule has 2 amide bonds. The van der Waals surface area contributed by atoms with Crippen molar-refractivity contribution in [3.63, 3.8) is 0 Å². The van der Waals surface area contributed by atoms with Crippen molar-refractivity contribution >= 4 is 23.4 Å². The van der Waals surface area contributed by atoms with Gasteiger partial charge in [-0.1, -0.05) is 90.5 Å². The summed E-state index contributed by atoms with van der Waals surface area (Å²) in [5, 5.41) is 3.47. The highest BCUT2D eigenvalue weighted by atomic mass is 35.5. The number of rotatable bonds is 14. The first-order valence-corrected chi connectivity index (χ1v) is 14.1. The number of para-hydroxylation sites is 1. The third-order valence-electron chi connectivity index (χ3n) is 6.82. The highest BCUT2D eigenvalue weighted by molar-refractivity contribution is 6.32. The normalized spacial score (nSPS) is 11.3. The number of nitrogens with one attached hydrogen (secondary N) is 1. The van der Waals surface area contributed by atoms with E-state index in [0.717, 1.165) is 16.7 Å². The van der Waals surface area contributed by atoms with Gasteiger partial charge in [0.15, 0.2) is 18.1 Å². The maximum atomic E-state index is 13.8. The van der Waals surface area contributed by atoms with E-state index >= 15 is 0 Å². The van der Waals surface area contributed by atoms with Crippen LogP contribution in [0, 0.1) is 0 Å². The fourth-order valence-corrected chi connectivity index (χ4v) is 4.79. The van der Waals surface area contributed by atoms with Gasteiger partial charge in [0.1, 0.15) is 11.8 Å². The molecule has 1 atom stereocenters. The molecule has 1 N–H and O–H groups in total. The van der Waals surface area contributed by atoms with Crippen molar-refractivity contribution in [2.75, 3.05) is 27.4 Å². The number of hydrogen-bond acceptors (Lipinski definition) is 5. The van der Waals surface area contributed by atoms with E-state index in [4.69, 9.17) is 25.8 Å². The Kier molecular flexibility index (Phi) is 11.2. The van der Waals surface area contributed by atoms with Gasteiger partial charge in [-0.3, -0.25) is 9.59 Å². The molecule has 0 saturated carbocycles. The number of ether oxygens (including phenoxy) is 3. The van der Waals surface area contributed by atoms with Gasteiger partial charge < -0.3 is 24.4 Å². The van der Waals surface area contributed by atoms with Crippen molar-refractivity contribution in [2.24, 2.45) is 0 Å². The van der Waals surface area contributed by atoms with Crippen molar-refractivity contribution in [1.29, 1.82) is 0 Å². The standard InChI is InChI=1S/C34H35ClN2O5/c1-40-31-18-17-26(22-32(31)41-2)19-20-36-34(39)29(21-25-11-5-3-6-12-25)37(23-27-13-7-4-8-14-27)33(38)24-42-30-16-10-9-15-28(30)35/h3-18,22,29H,19-21,23-24H2,1-2H3,(H,36,39)/t29-/m1/s1. The van der Waals surface area contributed by atoms with E-state index in [9.17, 15) is 9.59 Å². The zero-order chi connectivity index (χ0) is 29.7. The minimum Gasteiger partial charge on any atom is -0.493 e. The summed E-state index contributed by atoms with van der Waals surface area (Å²) in [7, 11) is 3.18. The Balaban J connectivity index is 1.55. The Morgan fingerprint density at radius 3 is 2.07 bits per heavy atom. The van der Waals surface area contributed by atoms with Crippen LogP contribution in [0.3, 0.4) is 0 Å². The summed E-state index contributed by atoms with van der Waals surface area (Å²) in [5.41, 5.74) is 2.83. The lowest BCUT2D eigenvalue weighted by Gasteiger charge is -2.31. The second kappa shape index (κ2) is 15.5. The van der Waals surface area contributed by atoms with Gasteiger partial charge in [-0.2, -0.15) is 0 Å². The summed E-state index contributed by atoms with van der Waals surface area (Å²) < 4.78 is 16.5. The predicted octanol–water partition coefficient (Wildman–Crippen LogP) is 5.74. The van der Waals surface area contributed by atoms with Gasteiger partial charge in [-0.25, -0.2) is 0 Å². The van der Waals surface area contributed by atoms with Gasteiger partial charge in [0, 0.05) is 19.5 Å². The number of carbonyl (C=O) groups excluding carboxylic acids is 2. The van der Waals surface area contributed by atoms with Gasteiger partial charge in [0.25, 0.3) is 5.91 Å². The van der Waals surface area contributed by atoms with Gasteiger partial charge in [0.05, 0.1) is 19.2 Å². The van der Waals surface area contributed by atoms with Crippen LogP contribution in [0.2, 0.25) is 5.02 Å². The van der Waals surface area contributed by atoms with Crippen molar-refractivity contribution < 1.29 is 23.8 Å². The first kappa shape index (κ1) is 30.5. The monoisotopic (exact) mass is 586 g/mol. The second-order valence-corrected chi connectivity index (χ2v) is 10.1. The minimum atomic E-state index is -0.777. The zero-order valence-corrected chi connectivity index (χ0v) is 24.6. The second-order valence-electron chi connectivity index (χ2n) is 9.66. The Labute approximate surface area is 252 Å². The fourth-order valence-electron chi connectivity index (χ4n) is 4.60. The molecule has 7 nitrogen and oxygen atoms in total. The van der Waals surface area contributed by atoms with Crippen LogP contribution in [-0.4, -0.2) is 50.1 Å². The zero-order valence-electron chi connectivity index (χ0n) is 23.8. The molecule has 4 aromatic carbocycles. The quantitative estimate of drug-likeness (QED) is 0.204. The molecule has 0 aliphatic rings. The van der Waals surface area contributed by atoms with E-state index < -0.39 is 6.04 Å². The van der Waals surface area contributed by atoms with Crippen molar-refractivity contribution in [1.82, 2.24) is 10.2 Å². The molecule has 0 saturated heterocycles. The number of hydrogen-bond donors (Lipinski definition) is 1. The van der Waals surface area contributed by atoms with Crippen molar-refractivity contribution in [2.45, 2.75) is 25.4 Å². The van der Waals surface area contributed by atoms with Crippen LogP contribution in [0.5, 0.6) is 17.2 Å². The van der Waals surface area contributed by atoms with Gasteiger partial charge in [0.2, 0.25) is 5.91 Å². The average Bonchev–Trinajstić information content (AvgIpc) is 3.03. The number of methoxy groups -OCH3 is 2. The molecule has 8 heteroatoms. The van der Waals surface area contributed by atoms with Crippen LogP contribution in [0.4, 0.5) is 0 Å². The van der Waals surface area contributed by atoms with E-state index in [-0.39, 0.29) is 25.0 Å². The number of nitrogens with zero attached hydrogens (tertiary/aromatic N) is 1. The van der Waals surface area contributed by atoms with Crippen molar-refractivity contribution in [3.05, 3.63) is 125 Å². The maximum absolute atomic E-state index is 13.8. The molecule has 218 valence electrons. The van der Waals surface area contributed by atoms with Crippen LogP contribution in [-0.2, 0) is 29.0 Å². The third kappa shape index (κ3) is 8.51. The molecule has 0 heterocycles. The van der Waals surface area contributed by atoms with E-state index in [2.05, 4.69) is 5.32 Å². The average molecular weight is 587 g/mol. The summed E-state index contributed by atoms with van der Waals surface area (Å²) in [6, 6.07) is 31.2. The largest absolute Gasteiger partial charge is 0.493 e. The summed E-state index contributed by atoms with van der Waals surface area (Å²) in [4.78, 5) is 29.1. The fraction of sp³-hybridized carbons (Fsp3) is 0.235. The Hall–Kier alpha value is -4.49. The van der Waals surface area contributed by atoms with E-state index in [1.165, 1.54) is 0 Å². The maximum Gasteiger partial charge on any atom is 0.261 e. The van der Waals surface area contributed by atoms with Crippen LogP contribution >= 0.6 is 11.6 Å². The highest BCUT2D eigenvalue weighted by Gasteiger charge is 2.30. The molecule has 0 aliphatic heterocycles. The van der Waals surface area contributed by atoms with Crippen LogP contribution in [0.15, 0.2) is 103 Å². The molecular formula is C34H35ClN2O5. The molecule has 4 rings (SSSR count). The van der Waals surface area contributed by atoms with Gasteiger partial charge in [-0.15, -0.1) is 0 Å². The smallest absolute Gasteiger partial charge is 0.261 e. The lowest BCUT2D eigenvalue weighted by atomic mass is 10.0. The summed E-state index contributed by atoms with van der Waals surface area (Å²) in [5.74, 6) is 1.10. The SMILES string of the molecule is COc1ccc(CCNC(=O)[C@@H](Cc2ccccc2)N(Cc2ccccc2)C(=O)COc2ccccc2Cl)cc1OC. The minimum absolute atomic E-state index is 0.242. The van der Waals surface area contributed by atoms with Crippen LogP contribution < -0.4 is 19.5 Å². The molecule has 0 radical (unpaired) electrons. The Bertz CT molecular complexity index is 1450. The Morgan fingerprint density at radius 2 is 1.40 bits per heavy atom. The number of amides is 2. The van der Waals surface area contributed by atoms with Gasteiger partial charge in [-0.05, 0) is 47.4 Å². The van der Waals surface area contributed by atoms with E-state index in [1.807, 2.05) is 78.9 Å². The molecule has 0 unspecified atom stereocenters. The Morgan fingerprint density at radius 1 is 0.762 bits per heavy atom. The first-order chi connectivity index (χ1) is 20.5. The summed E-state index contributed by atoms with van der Waals surface area (Å²) in [6.45, 7) is 0.357. The van der Waals surface area contributed by atoms with Crippen LogP contribution in [0.1, 0.15) is 16.7 Å². The first-order valence-electron chi connectivity index (χ1n) is 13.7. The lowest BCUT2D eigenvalue weighted by Crippen LogP contribution is -2.52. The number of carbonyl (C=O) groups is 2. The molecular weight excluding hydrogens is 552 g/mol. The van der Waals surface area contributed by atoms with E-state index in [0.29, 0.717) is 41.7 Å². The summed E-state index contributed by atoms with van der Waals surface area (Å²) in [6.07, 6.45) is 0.917. The highest BCUT2D eigenvalue weighted by Crippen LogP contribution is 2.28. The molecule has 0 bridgehead atoms. The lowest BCUT2D eigenvalue weighted by molar-refractivity contribution is -0.142. The molecule has 4 aromatic rings. The van der Waals surface area contributed by atoms with Gasteiger partial charge >= 0.3 is 0 Å². The van der Waals surface area contributed by atoms with Crippen LogP contribution in [0.25, 0.3) is 0 Å². The predicted molar refractivity (Wildman–Crippen MR) is 164 cm³/mol.